The van der Waals surface area contributed by atoms with Gasteiger partial charge in [0.25, 0.3) is 0 Å². The third kappa shape index (κ3) is 4.25. The Kier molecular flexibility index (Phi) is 5.65. The Hall–Kier alpha value is -3.20. The minimum absolute atomic E-state index is 0.0494. The van der Waals surface area contributed by atoms with Gasteiger partial charge in [-0.2, -0.15) is 0 Å². The second-order valence-corrected chi connectivity index (χ2v) is 9.25. The number of ether oxygens (including phenoxy) is 2. The van der Waals surface area contributed by atoms with Crippen molar-refractivity contribution in [3.63, 3.8) is 0 Å². The van der Waals surface area contributed by atoms with Crippen LogP contribution in [0.5, 0.6) is 11.5 Å². The monoisotopic (exact) mass is 453 g/mol. The van der Waals surface area contributed by atoms with E-state index in [9.17, 15) is 14.4 Å². The highest BCUT2D eigenvalue weighted by molar-refractivity contribution is 8.01. The Morgan fingerprint density at radius 1 is 1.09 bits per heavy atom. The minimum atomic E-state index is -0.440. The molecule has 0 aromatic heterocycles. The van der Waals surface area contributed by atoms with Gasteiger partial charge in [-0.15, -0.1) is 11.8 Å². The largest absolute Gasteiger partial charge is 0.454 e. The van der Waals surface area contributed by atoms with Gasteiger partial charge >= 0.3 is 0 Å². The van der Waals surface area contributed by atoms with Crippen LogP contribution in [0.25, 0.3) is 0 Å². The fourth-order valence-electron chi connectivity index (χ4n) is 4.12. The highest BCUT2D eigenvalue weighted by atomic mass is 32.2. The summed E-state index contributed by atoms with van der Waals surface area (Å²) in [5, 5.41) is 5.37. The molecule has 8 nitrogen and oxygen atoms in total. The molecule has 1 atom stereocenters. The van der Waals surface area contributed by atoms with Gasteiger partial charge in [0, 0.05) is 42.1 Å². The summed E-state index contributed by atoms with van der Waals surface area (Å²) in [4.78, 5) is 40.6. The van der Waals surface area contributed by atoms with Gasteiger partial charge in [-0.1, -0.05) is 12.1 Å². The van der Waals surface area contributed by atoms with Crippen molar-refractivity contribution in [3.8, 4) is 11.5 Å². The summed E-state index contributed by atoms with van der Waals surface area (Å²) in [6.07, 6.45) is 1.34. The molecule has 2 N–H and O–H groups in total. The zero-order valence-corrected chi connectivity index (χ0v) is 18.2. The Morgan fingerprint density at radius 3 is 2.72 bits per heavy atom. The molecule has 3 aliphatic heterocycles. The quantitative estimate of drug-likeness (QED) is 0.739. The molecular formula is C23H23N3O5S. The second-order valence-electron chi connectivity index (χ2n) is 8.01. The summed E-state index contributed by atoms with van der Waals surface area (Å²) in [5.74, 6) is 0.878. The average molecular weight is 454 g/mol. The SMILES string of the molecule is O=C(Nc1ccc2c(c1)OCO2)C1CCN(C(=O)C[C@@H]2Sc3ccccc3NC2=O)CC1. The van der Waals surface area contributed by atoms with Crippen LogP contribution in [0.2, 0.25) is 0 Å². The Labute approximate surface area is 189 Å². The van der Waals surface area contributed by atoms with E-state index in [0.29, 0.717) is 43.1 Å². The number of nitrogens with one attached hydrogen (secondary N) is 2. The van der Waals surface area contributed by atoms with E-state index >= 15 is 0 Å². The van der Waals surface area contributed by atoms with Crippen molar-refractivity contribution in [2.75, 3.05) is 30.5 Å². The van der Waals surface area contributed by atoms with E-state index in [1.807, 2.05) is 24.3 Å². The third-order valence-electron chi connectivity index (χ3n) is 5.93. The maximum absolute atomic E-state index is 12.8. The predicted molar refractivity (Wildman–Crippen MR) is 120 cm³/mol. The number of hydrogen-bond donors (Lipinski definition) is 2. The fraction of sp³-hybridized carbons (Fsp3) is 0.348. The summed E-state index contributed by atoms with van der Waals surface area (Å²) in [5.41, 5.74) is 1.46. The van der Waals surface area contributed by atoms with Crippen molar-refractivity contribution in [2.24, 2.45) is 5.92 Å². The lowest BCUT2D eigenvalue weighted by molar-refractivity contribution is -0.135. The molecule has 2 aromatic carbocycles. The van der Waals surface area contributed by atoms with Crippen LogP contribution in [-0.2, 0) is 14.4 Å². The van der Waals surface area contributed by atoms with E-state index in [2.05, 4.69) is 10.6 Å². The molecule has 0 bridgehead atoms. The molecule has 32 heavy (non-hydrogen) atoms. The van der Waals surface area contributed by atoms with E-state index in [1.54, 1.807) is 23.1 Å². The van der Waals surface area contributed by atoms with Crippen LogP contribution in [0.3, 0.4) is 0 Å². The smallest absolute Gasteiger partial charge is 0.238 e. The fourth-order valence-corrected chi connectivity index (χ4v) is 5.23. The summed E-state index contributed by atoms with van der Waals surface area (Å²) >= 11 is 1.43. The van der Waals surface area contributed by atoms with Crippen molar-refractivity contribution in [2.45, 2.75) is 29.4 Å². The molecule has 1 fully saturated rings. The molecule has 2 aromatic rings. The normalized spacial score (nSPS) is 19.8. The lowest BCUT2D eigenvalue weighted by Gasteiger charge is -2.32. The maximum Gasteiger partial charge on any atom is 0.238 e. The molecule has 3 heterocycles. The van der Waals surface area contributed by atoms with Gasteiger partial charge in [-0.3, -0.25) is 14.4 Å². The van der Waals surface area contributed by atoms with Crippen LogP contribution in [0.4, 0.5) is 11.4 Å². The van der Waals surface area contributed by atoms with E-state index in [1.165, 1.54) is 11.8 Å². The number of thioether (sulfide) groups is 1. The maximum atomic E-state index is 12.8. The first kappa shape index (κ1) is 20.7. The second kappa shape index (κ2) is 8.74. The number of hydrogen-bond acceptors (Lipinski definition) is 6. The predicted octanol–water partition coefficient (Wildman–Crippen LogP) is 3.10. The molecule has 0 unspecified atom stereocenters. The van der Waals surface area contributed by atoms with E-state index in [-0.39, 0.29) is 36.9 Å². The number of amides is 3. The highest BCUT2D eigenvalue weighted by Crippen LogP contribution is 2.37. The zero-order valence-electron chi connectivity index (χ0n) is 17.3. The molecule has 0 spiro atoms. The van der Waals surface area contributed by atoms with E-state index in [0.717, 1.165) is 10.6 Å². The average Bonchev–Trinajstić information content (AvgIpc) is 3.27. The number of nitrogens with zero attached hydrogens (tertiary/aromatic N) is 1. The standard InChI is InChI=1S/C23H23N3O5S/c27-21(12-20-23(29)25-16-3-1-2-4-19(16)32-20)26-9-7-14(8-10-26)22(28)24-15-5-6-17-18(11-15)31-13-30-17/h1-6,11,14,20H,7-10,12-13H2,(H,24,28)(H,25,29)/t20-/m0/s1. The van der Waals surface area contributed by atoms with Gasteiger partial charge in [0.1, 0.15) is 0 Å². The zero-order chi connectivity index (χ0) is 22.1. The number of rotatable bonds is 4. The first-order valence-electron chi connectivity index (χ1n) is 10.6. The number of carbonyl (C=O) groups is 3. The summed E-state index contributed by atoms with van der Waals surface area (Å²) in [7, 11) is 0. The van der Waals surface area contributed by atoms with Gasteiger partial charge in [-0.25, -0.2) is 0 Å². The van der Waals surface area contributed by atoms with Crippen molar-refractivity contribution < 1.29 is 23.9 Å². The van der Waals surface area contributed by atoms with Crippen LogP contribution in [0, 0.1) is 5.92 Å². The number of likely N-dealkylation sites (tertiary alicyclic amines) is 1. The van der Waals surface area contributed by atoms with Gasteiger partial charge in [0.15, 0.2) is 11.5 Å². The molecule has 9 heteroatoms. The topological polar surface area (TPSA) is 97.0 Å². The van der Waals surface area contributed by atoms with E-state index < -0.39 is 5.25 Å². The molecule has 3 amide bonds. The Morgan fingerprint density at radius 2 is 1.88 bits per heavy atom. The number of carbonyl (C=O) groups excluding carboxylic acids is 3. The van der Waals surface area contributed by atoms with Crippen LogP contribution in [0.15, 0.2) is 47.4 Å². The van der Waals surface area contributed by atoms with Gasteiger partial charge < -0.3 is 25.0 Å². The van der Waals surface area contributed by atoms with Crippen molar-refractivity contribution >= 4 is 40.9 Å². The highest BCUT2D eigenvalue weighted by Gasteiger charge is 2.33. The summed E-state index contributed by atoms with van der Waals surface area (Å²) < 4.78 is 10.6. The molecule has 1 saturated heterocycles. The molecular weight excluding hydrogens is 430 g/mol. The number of piperidine rings is 1. The van der Waals surface area contributed by atoms with Crippen LogP contribution in [-0.4, -0.2) is 47.8 Å². The van der Waals surface area contributed by atoms with Crippen LogP contribution in [0.1, 0.15) is 19.3 Å². The van der Waals surface area contributed by atoms with Gasteiger partial charge in [0.2, 0.25) is 24.5 Å². The van der Waals surface area contributed by atoms with Crippen molar-refractivity contribution in [1.82, 2.24) is 4.90 Å². The van der Waals surface area contributed by atoms with Crippen molar-refractivity contribution in [3.05, 3.63) is 42.5 Å². The van der Waals surface area contributed by atoms with Crippen molar-refractivity contribution in [1.29, 1.82) is 0 Å². The van der Waals surface area contributed by atoms with Crippen LogP contribution >= 0.6 is 11.8 Å². The van der Waals surface area contributed by atoms with E-state index in [4.69, 9.17) is 9.47 Å². The van der Waals surface area contributed by atoms with Gasteiger partial charge in [-0.05, 0) is 37.1 Å². The third-order valence-corrected chi connectivity index (χ3v) is 7.20. The number of para-hydroxylation sites is 1. The molecule has 166 valence electrons. The number of anilines is 2. The lowest BCUT2D eigenvalue weighted by atomic mass is 9.95. The number of fused-ring (bicyclic) bond motifs is 2. The Bertz CT molecular complexity index is 1070. The lowest BCUT2D eigenvalue weighted by Crippen LogP contribution is -2.43. The molecule has 3 aliphatic rings. The molecule has 0 saturated carbocycles. The Balaban J connectivity index is 1.12. The number of benzene rings is 2. The van der Waals surface area contributed by atoms with Crippen LogP contribution < -0.4 is 20.1 Å². The molecule has 5 rings (SSSR count). The molecule has 0 radical (unpaired) electrons. The van der Waals surface area contributed by atoms with Gasteiger partial charge in [0.05, 0.1) is 10.9 Å². The first-order valence-corrected chi connectivity index (χ1v) is 11.5. The summed E-state index contributed by atoms with van der Waals surface area (Å²) in [6, 6.07) is 12.9. The molecule has 0 aliphatic carbocycles. The minimum Gasteiger partial charge on any atom is -0.454 e. The first-order chi connectivity index (χ1) is 15.6. The summed E-state index contributed by atoms with van der Waals surface area (Å²) in [6.45, 7) is 1.20.